The lowest BCUT2D eigenvalue weighted by Gasteiger charge is -2.21. The molecule has 23 heavy (non-hydrogen) atoms. The summed E-state index contributed by atoms with van der Waals surface area (Å²) < 4.78 is 0. The molecule has 0 radical (unpaired) electrons. The highest BCUT2D eigenvalue weighted by molar-refractivity contribution is 6.04. The second-order valence-electron chi connectivity index (χ2n) is 5.05. The minimum atomic E-state index is 0.244. The van der Waals surface area contributed by atoms with E-state index in [0.717, 1.165) is 11.3 Å². The molecule has 0 aromatic carbocycles. The number of nitrogens with two attached hydrogens (primary N) is 1. The van der Waals surface area contributed by atoms with Crippen LogP contribution in [0, 0.1) is 16.7 Å². The number of aromatic amines is 1. The average molecular weight is 312 g/mol. The fourth-order valence-corrected chi connectivity index (χ4v) is 2.25. The zero-order chi connectivity index (χ0) is 16.8. The van der Waals surface area contributed by atoms with Gasteiger partial charge in [0.2, 0.25) is 0 Å². The second kappa shape index (κ2) is 7.26. The summed E-state index contributed by atoms with van der Waals surface area (Å²) in [7, 11) is 0. The van der Waals surface area contributed by atoms with Crippen LogP contribution in [0.2, 0.25) is 0 Å². The van der Waals surface area contributed by atoms with Crippen molar-refractivity contribution in [3.05, 3.63) is 40.7 Å². The Morgan fingerprint density at radius 2 is 2.30 bits per heavy atom. The van der Waals surface area contributed by atoms with Crippen molar-refractivity contribution in [2.24, 2.45) is 10.7 Å². The van der Waals surface area contributed by atoms with Gasteiger partial charge in [-0.1, -0.05) is 6.92 Å². The Hall–Kier alpha value is -3.08. The van der Waals surface area contributed by atoms with E-state index < -0.39 is 0 Å². The van der Waals surface area contributed by atoms with Crippen LogP contribution in [0.1, 0.15) is 26.0 Å². The number of nitriles is 1. The number of H-pyrrole nitrogens is 1. The van der Waals surface area contributed by atoms with Gasteiger partial charge in [0.15, 0.2) is 0 Å². The zero-order valence-corrected chi connectivity index (χ0v) is 13.2. The maximum atomic E-state index is 9.28. The highest BCUT2D eigenvalue weighted by atomic mass is 15.2. The van der Waals surface area contributed by atoms with E-state index in [0.29, 0.717) is 36.8 Å². The van der Waals surface area contributed by atoms with Crippen LogP contribution in [-0.4, -0.2) is 28.3 Å². The van der Waals surface area contributed by atoms with Crippen molar-refractivity contribution in [2.75, 3.05) is 6.54 Å². The fourth-order valence-electron chi connectivity index (χ4n) is 2.25. The molecule has 0 atom stereocenters. The minimum Gasteiger partial charge on any atom is -0.384 e. The maximum Gasteiger partial charge on any atom is 0.150 e. The van der Waals surface area contributed by atoms with E-state index in [-0.39, 0.29) is 11.4 Å². The van der Waals surface area contributed by atoms with Gasteiger partial charge in [0.1, 0.15) is 29.1 Å². The van der Waals surface area contributed by atoms with E-state index >= 15 is 0 Å². The maximum absolute atomic E-state index is 9.28. The number of aliphatic imine (C=N–C) groups is 1. The third-order valence-corrected chi connectivity index (χ3v) is 3.43. The third-order valence-electron chi connectivity index (χ3n) is 3.43. The first kappa shape index (κ1) is 16.3. The van der Waals surface area contributed by atoms with Crippen LogP contribution < -0.4 is 16.4 Å². The molecule has 8 heteroatoms. The molecule has 1 aromatic heterocycles. The Morgan fingerprint density at radius 3 is 2.87 bits per heavy atom. The lowest BCUT2D eigenvalue weighted by Crippen LogP contribution is -2.37. The van der Waals surface area contributed by atoms with Gasteiger partial charge >= 0.3 is 0 Å². The average Bonchev–Trinajstić information content (AvgIpc) is 3.01. The summed E-state index contributed by atoms with van der Waals surface area (Å²) in [4.78, 5) is 4.44. The summed E-state index contributed by atoms with van der Waals surface area (Å²) in [6.07, 6.45) is 3.06. The lowest BCUT2D eigenvalue weighted by molar-refractivity contribution is 0.810. The molecule has 2 rings (SSSR count). The minimum absolute atomic E-state index is 0.244. The summed E-state index contributed by atoms with van der Waals surface area (Å²) >= 11 is 0. The van der Waals surface area contributed by atoms with Gasteiger partial charge in [-0.25, -0.2) is 4.99 Å². The Kier molecular flexibility index (Phi) is 5.15. The normalized spacial score (nSPS) is 16.3. The smallest absolute Gasteiger partial charge is 0.150 e. The van der Waals surface area contributed by atoms with Crippen LogP contribution in [0.3, 0.4) is 0 Å². The quantitative estimate of drug-likeness (QED) is 0.514. The van der Waals surface area contributed by atoms with Gasteiger partial charge in [-0.3, -0.25) is 5.10 Å². The first-order valence-corrected chi connectivity index (χ1v) is 7.33. The van der Waals surface area contributed by atoms with E-state index in [4.69, 9.17) is 11.1 Å². The topological polar surface area (TPSA) is 139 Å². The van der Waals surface area contributed by atoms with Crippen LogP contribution in [0.4, 0.5) is 0 Å². The molecule has 1 aliphatic rings. The Balaban J connectivity index is 2.22. The fraction of sp³-hybridized carbons (Fsp3) is 0.333. The molecule has 0 amide bonds. The molecule has 0 saturated heterocycles. The van der Waals surface area contributed by atoms with Crippen molar-refractivity contribution in [3.63, 3.8) is 0 Å². The highest BCUT2D eigenvalue weighted by Gasteiger charge is 2.20. The standard InChI is InChI=1S/C15H20N8/c1-3-11(9(2)17)15-21-13(18)12(8-16)14(22-15)19-6-4-10-5-7-20-23-10/h5,7,17,21H,3-4,6,18H2,1-2H3,(H,19,22)(H,20,23)/b15-11+,17-9?. The second-order valence-corrected chi connectivity index (χ2v) is 5.05. The molecule has 0 saturated carbocycles. The number of rotatable bonds is 5. The zero-order valence-electron chi connectivity index (χ0n) is 13.2. The SMILES string of the molecule is CC/C(C(C)=N)=C1\N=C(NCCc2ccn[nH]2)C(C#N)=C(N)N1. The molecule has 6 N–H and O–H groups in total. The molecule has 0 bridgehead atoms. The van der Waals surface area contributed by atoms with Crippen molar-refractivity contribution < 1.29 is 0 Å². The van der Waals surface area contributed by atoms with Crippen molar-refractivity contribution >= 4 is 11.5 Å². The molecule has 1 aromatic rings. The van der Waals surface area contributed by atoms with E-state index in [1.54, 1.807) is 13.1 Å². The number of amidine groups is 1. The molecule has 8 nitrogen and oxygen atoms in total. The Labute approximate surface area is 134 Å². The molecule has 1 aliphatic heterocycles. The molecule has 0 unspecified atom stereocenters. The first-order valence-electron chi connectivity index (χ1n) is 7.33. The largest absolute Gasteiger partial charge is 0.384 e. The summed E-state index contributed by atoms with van der Waals surface area (Å²) in [5, 5.41) is 29.9. The monoisotopic (exact) mass is 312 g/mol. The summed E-state index contributed by atoms with van der Waals surface area (Å²) in [6.45, 7) is 4.23. The van der Waals surface area contributed by atoms with Crippen LogP contribution in [-0.2, 0) is 6.42 Å². The Bertz CT molecular complexity index is 715. The van der Waals surface area contributed by atoms with E-state index in [1.165, 1.54) is 0 Å². The van der Waals surface area contributed by atoms with Crippen molar-refractivity contribution in [2.45, 2.75) is 26.7 Å². The number of hydrogen-bond donors (Lipinski definition) is 5. The van der Waals surface area contributed by atoms with Gasteiger partial charge in [-0.2, -0.15) is 10.4 Å². The molecule has 0 spiro atoms. The molecular weight excluding hydrogens is 292 g/mol. The number of allylic oxidation sites excluding steroid dienone is 1. The van der Waals surface area contributed by atoms with E-state index in [9.17, 15) is 5.26 Å². The molecule has 120 valence electrons. The van der Waals surface area contributed by atoms with Crippen LogP contribution in [0.25, 0.3) is 0 Å². The van der Waals surface area contributed by atoms with Crippen molar-refractivity contribution in [1.82, 2.24) is 20.8 Å². The Morgan fingerprint density at radius 1 is 1.52 bits per heavy atom. The molecular formula is C15H20N8. The molecule has 2 heterocycles. The summed E-state index contributed by atoms with van der Waals surface area (Å²) in [6, 6.07) is 3.95. The summed E-state index contributed by atoms with van der Waals surface area (Å²) in [5.41, 5.74) is 8.38. The van der Waals surface area contributed by atoms with Crippen molar-refractivity contribution in [1.29, 1.82) is 10.7 Å². The van der Waals surface area contributed by atoms with E-state index in [1.807, 2.05) is 13.0 Å². The number of nitrogens with one attached hydrogen (secondary N) is 4. The highest BCUT2D eigenvalue weighted by Crippen LogP contribution is 2.16. The first-order chi connectivity index (χ1) is 11.1. The number of hydrogen-bond acceptors (Lipinski definition) is 7. The third kappa shape index (κ3) is 3.77. The number of aromatic nitrogens is 2. The van der Waals surface area contributed by atoms with Gasteiger partial charge in [0, 0.05) is 36.1 Å². The lowest BCUT2D eigenvalue weighted by atomic mass is 10.1. The van der Waals surface area contributed by atoms with Gasteiger partial charge < -0.3 is 21.8 Å². The van der Waals surface area contributed by atoms with Gasteiger partial charge in [0.05, 0.1) is 0 Å². The summed E-state index contributed by atoms with van der Waals surface area (Å²) in [5.74, 6) is 1.18. The number of nitrogens with zero attached hydrogens (tertiary/aromatic N) is 3. The van der Waals surface area contributed by atoms with Crippen molar-refractivity contribution in [3.8, 4) is 6.07 Å². The van der Waals surface area contributed by atoms with Crippen LogP contribution >= 0.6 is 0 Å². The van der Waals surface area contributed by atoms with Gasteiger partial charge in [0.25, 0.3) is 0 Å². The van der Waals surface area contributed by atoms with Crippen LogP contribution in [0.5, 0.6) is 0 Å². The van der Waals surface area contributed by atoms with Gasteiger partial charge in [-0.15, -0.1) is 0 Å². The predicted octanol–water partition coefficient (Wildman–Crippen LogP) is 0.899. The van der Waals surface area contributed by atoms with E-state index in [2.05, 4.69) is 31.9 Å². The van der Waals surface area contributed by atoms with Gasteiger partial charge in [-0.05, 0) is 19.4 Å². The molecule has 0 fully saturated rings. The predicted molar refractivity (Wildman–Crippen MR) is 88.4 cm³/mol. The molecule has 0 aliphatic carbocycles. The van der Waals surface area contributed by atoms with Crippen LogP contribution in [0.15, 0.2) is 40.0 Å².